The number of amides is 1. The van der Waals surface area contributed by atoms with E-state index in [9.17, 15) is 14.7 Å². The molecule has 0 aliphatic carbocycles. The van der Waals surface area contributed by atoms with Crippen LogP contribution in [0.5, 0.6) is 0 Å². The van der Waals surface area contributed by atoms with E-state index in [0.29, 0.717) is 12.2 Å². The second-order valence-corrected chi connectivity index (χ2v) is 7.47. The lowest BCUT2D eigenvalue weighted by Crippen LogP contribution is -2.30. The molecule has 4 rings (SSSR count). The van der Waals surface area contributed by atoms with Gasteiger partial charge in [-0.3, -0.25) is 14.3 Å². The van der Waals surface area contributed by atoms with E-state index in [1.807, 2.05) is 43.6 Å². The first-order valence-electron chi connectivity index (χ1n) is 8.54. The molecule has 2 atom stereocenters. The molecule has 1 fully saturated rings. The molecule has 1 N–H and O–H groups in total. The largest absolute Gasteiger partial charge is 0.481 e. The number of likely N-dealkylation sites (tertiary alicyclic amines) is 1. The zero-order chi connectivity index (χ0) is 19.0. The van der Waals surface area contributed by atoms with Gasteiger partial charge in [0.2, 0.25) is 0 Å². The fourth-order valence-corrected chi connectivity index (χ4v) is 4.23. The Balaban J connectivity index is 1.56. The molecule has 2 aromatic heterocycles. The van der Waals surface area contributed by atoms with Crippen molar-refractivity contribution in [2.24, 2.45) is 13.0 Å². The van der Waals surface area contributed by atoms with Gasteiger partial charge in [-0.15, -0.1) is 11.3 Å². The minimum absolute atomic E-state index is 0.188. The smallest absolute Gasteiger partial charge is 0.308 e. The summed E-state index contributed by atoms with van der Waals surface area (Å²) in [6, 6.07) is 9.50. The van der Waals surface area contributed by atoms with E-state index in [0.717, 1.165) is 16.1 Å². The third-order valence-electron chi connectivity index (χ3n) is 4.83. The fraction of sp³-hybridized carbons (Fsp3) is 0.263. The molecule has 1 aromatic carbocycles. The quantitative estimate of drug-likeness (QED) is 0.749. The first kappa shape index (κ1) is 17.4. The summed E-state index contributed by atoms with van der Waals surface area (Å²) in [6.45, 7) is 0.563. The number of hydrogen-bond acceptors (Lipinski definition) is 5. The molecule has 1 aliphatic heterocycles. The lowest BCUT2D eigenvalue weighted by atomic mass is 9.89. The molecule has 3 heterocycles. The molecule has 0 radical (unpaired) electrons. The van der Waals surface area contributed by atoms with Gasteiger partial charge in [0.1, 0.15) is 10.7 Å². The van der Waals surface area contributed by atoms with Crippen LogP contribution in [-0.2, 0) is 11.8 Å². The van der Waals surface area contributed by atoms with Gasteiger partial charge in [-0.1, -0.05) is 30.3 Å². The maximum Gasteiger partial charge on any atom is 0.308 e. The molecule has 0 bridgehead atoms. The topological polar surface area (TPSA) is 88.3 Å². The summed E-state index contributed by atoms with van der Waals surface area (Å²) in [6.07, 6.45) is 3.55. The Morgan fingerprint density at radius 1 is 1.22 bits per heavy atom. The normalized spacial score (nSPS) is 19.4. The van der Waals surface area contributed by atoms with Crippen molar-refractivity contribution in [1.29, 1.82) is 0 Å². The van der Waals surface area contributed by atoms with Crippen molar-refractivity contribution in [2.75, 3.05) is 13.1 Å². The number of nitrogens with zero attached hydrogens (tertiary/aromatic N) is 4. The van der Waals surface area contributed by atoms with Crippen molar-refractivity contribution in [2.45, 2.75) is 5.92 Å². The number of thiazole rings is 1. The summed E-state index contributed by atoms with van der Waals surface area (Å²) in [5, 5.41) is 16.2. The van der Waals surface area contributed by atoms with Gasteiger partial charge in [-0.2, -0.15) is 5.10 Å². The third-order valence-corrected chi connectivity index (χ3v) is 5.72. The van der Waals surface area contributed by atoms with Crippen LogP contribution in [0.4, 0.5) is 0 Å². The average molecular weight is 382 g/mol. The Bertz CT molecular complexity index is 982. The monoisotopic (exact) mass is 382 g/mol. The predicted molar refractivity (Wildman–Crippen MR) is 101 cm³/mol. The lowest BCUT2D eigenvalue weighted by Gasteiger charge is -2.15. The number of aryl methyl sites for hydroxylation is 1. The first-order valence-corrected chi connectivity index (χ1v) is 9.42. The number of rotatable bonds is 4. The van der Waals surface area contributed by atoms with E-state index >= 15 is 0 Å². The summed E-state index contributed by atoms with van der Waals surface area (Å²) in [4.78, 5) is 30.6. The second-order valence-electron chi connectivity index (χ2n) is 6.61. The minimum Gasteiger partial charge on any atom is -0.481 e. The first-order chi connectivity index (χ1) is 13.0. The number of carboxylic acids is 1. The molecule has 138 valence electrons. The zero-order valence-electron chi connectivity index (χ0n) is 14.6. The summed E-state index contributed by atoms with van der Waals surface area (Å²) >= 11 is 1.38. The molecule has 7 nitrogen and oxygen atoms in total. The summed E-state index contributed by atoms with van der Waals surface area (Å²) in [5.41, 5.74) is 2.14. The van der Waals surface area contributed by atoms with Crippen molar-refractivity contribution in [3.63, 3.8) is 0 Å². The molecular weight excluding hydrogens is 364 g/mol. The molecule has 1 aliphatic rings. The van der Waals surface area contributed by atoms with E-state index in [2.05, 4.69) is 10.1 Å². The Morgan fingerprint density at radius 2 is 2.00 bits per heavy atom. The van der Waals surface area contributed by atoms with Gasteiger partial charge in [-0.25, -0.2) is 4.98 Å². The van der Waals surface area contributed by atoms with Crippen molar-refractivity contribution in [3.05, 3.63) is 59.4 Å². The van der Waals surface area contributed by atoms with Gasteiger partial charge in [0, 0.05) is 43.2 Å². The van der Waals surface area contributed by atoms with Crippen LogP contribution in [0.25, 0.3) is 10.6 Å². The van der Waals surface area contributed by atoms with Gasteiger partial charge in [0.05, 0.1) is 12.1 Å². The molecule has 8 heteroatoms. The van der Waals surface area contributed by atoms with Crippen LogP contribution in [-0.4, -0.2) is 49.7 Å². The van der Waals surface area contributed by atoms with Gasteiger partial charge < -0.3 is 10.0 Å². The average Bonchev–Trinajstić information content (AvgIpc) is 3.40. The van der Waals surface area contributed by atoms with Crippen LogP contribution >= 0.6 is 11.3 Å². The standard InChI is InChI=1S/C19H18N4O3S/c1-22-8-13(7-20-22)17-21-16(11-27-17)18(24)23-9-14(15(10-23)19(25)26)12-5-3-2-4-6-12/h2-8,11,14-15H,9-10H2,1H3,(H,25,26). The second kappa shape index (κ2) is 6.96. The Kier molecular flexibility index (Phi) is 4.49. The minimum atomic E-state index is -0.881. The highest BCUT2D eigenvalue weighted by Gasteiger charge is 2.41. The summed E-state index contributed by atoms with van der Waals surface area (Å²) in [7, 11) is 1.82. The maximum atomic E-state index is 12.9. The van der Waals surface area contributed by atoms with Crippen molar-refractivity contribution in [1.82, 2.24) is 19.7 Å². The van der Waals surface area contributed by atoms with E-state index < -0.39 is 11.9 Å². The van der Waals surface area contributed by atoms with Crippen molar-refractivity contribution in [3.8, 4) is 10.6 Å². The molecule has 1 amide bonds. The molecular formula is C19H18N4O3S. The number of carboxylic acid groups (broad SMARTS) is 1. The van der Waals surface area contributed by atoms with Crippen molar-refractivity contribution >= 4 is 23.2 Å². The van der Waals surface area contributed by atoms with Crippen LogP contribution in [0.15, 0.2) is 48.1 Å². The number of aromatic nitrogens is 3. The highest BCUT2D eigenvalue weighted by atomic mass is 32.1. The van der Waals surface area contributed by atoms with Crippen LogP contribution in [0.1, 0.15) is 22.0 Å². The Hall–Kier alpha value is -3.00. The van der Waals surface area contributed by atoms with E-state index in [-0.39, 0.29) is 18.4 Å². The summed E-state index contributed by atoms with van der Waals surface area (Å²) < 4.78 is 1.68. The van der Waals surface area contributed by atoms with Crippen molar-refractivity contribution < 1.29 is 14.7 Å². The van der Waals surface area contributed by atoms with Gasteiger partial charge in [0.15, 0.2) is 0 Å². The lowest BCUT2D eigenvalue weighted by molar-refractivity contribution is -0.141. The number of benzene rings is 1. The molecule has 1 saturated heterocycles. The number of aliphatic carboxylic acids is 1. The SMILES string of the molecule is Cn1cc(-c2nc(C(=O)N3CC(C(=O)O)C(c4ccccc4)C3)cs2)cn1. The third kappa shape index (κ3) is 3.35. The molecule has 27 heavy (non-hydrogen) atoms. The molecule has 0 spiro atoms. The number of carbonyl (C=O) groups is 2. The van der Waals surface area contributed by atoms with Crippen LogP contribution < -0.4 is 0 Å². The molecule has 3 aromatic rings. The van der Waals surface area contributed by atoms with Crippen LogP contribution in [0.3, 0.4) is 0 Å². The fourth-order valence-electron chi connectivity index (χ4n) is 3.46. The van der Waals surface area contributed by atoms with Gasteiger partial charge in [0.25, 0.3) is 5.91 Å². The van der Waals surface area contributed by atoms with E-state index in [4.69, 9.17) is 0 Å². The highest BCUT2D eigenvalue weighted by Crippen LogP contribution is 2.34. The number of carbonyl (C=O) groups excluding carboxylic acids is 1. The van der Waals surface area contributed by atoms with Gasteiger partial charge >= 0.3 is 5.97 Å². The van der Waals surface area contributed by atoms with Gasteiger partial charge in [-0.05, 0) is 5.56 Å². The number of hydrogen-bond donors (Lipinski definition) is 1. The van der Waals surface area contributed by atoms with E-state index in [1.165, 1.54) is 11.3 Å². The summed E-state index contributed by atoms with van der Waals surface area (Å²) in [5.74, 6) is -1.95. The predicted octanol–water partition coefficient (Wildman–Crippen LogP) is 2.48. The Morgan fingerprint density at radius 3 is 2.67 bits per heavy atom. The highest BCUT2D eigenvalue weighted by molar-refractivity contribution is 7.13. The van der Waals surface area contributed by atoms with Crippen LogP contribution in [0, 0.1) is 5.92 Å². The molecule has 2 unspecified atom stereocenters. The van der Waals surface area contributed by atoms with E-state index in [1.54, 1.807) is 21.2 Å². The Labute approximate surface area is 159 Å². The van der Waals surface area contributed by atoms with Crippen LogP contribution in [0.2, 0.25) is 0 Å². The maximum absolute atomic E-state index is 12.9. The molecule has 0 saturated carbocycles. The zero-order valence-corrected chi connectivity index (χ0v) is 15.5.